The van der Waals surface area contributed by atoms with Gasteiger partial charge in [-0.3, -0.25) is 0 Å². The van der Waals surface area contributed by atoms with Crippen molar-refractivity contribution >= 4 is 23.1 Å². The van der Waals surface area contributed by atoms with Gasteiger partial charge in [0.1, 0.15) is 11.6 Å². The highest BCUT2D eigenvalue weighted by Gasteiger charge is 2.10. The minimum atomic E-state index is 0.564. The zero-order valence-corrected chi connectivity index (χ0v) is 14.7. The standard InChI is InChI=1S/C20H22N4O/c1-4-24(17-7-5-6-15(2)14-17)19-12-13-21-20(23-19)22-16-8-10-18(25-3)11-9-16/h5-14H,4H2,1-3H3,(H,21,22,23). The van der Waals surface area contributed by atoms with Crippen LogP contribution < -0.4 is 15.0 Å². The molecule has 0 amide bonds. The number of nitrogens with zero attached hydrogens (tertiary/aromatic N) is 3. The molecule has 0 unspecified atom stereocenters. The van der Waals surface area contributed by atoms with Crippen LogP contribution in [0.25, 0.3) is 0 Å². The van der Waals surface area contributed by atoms with Gasteiger partial charge < -0.3 is 15.0 Å². The Balaban J connectivity index is 1.84. The Kier molecular flexibility index (Phi) is 5.14. The van der Waals surface area contributed by atoms with Gasteiger partial charge in [-0.05, 0) is 61.9 Å². The molecular formula is C20H22N4O. The highest BCUT2D eigenvalue weighted by Crippen LogP contribution is 2.25. The molecule has 3 rings (SSSR count). The highest BCUT2D eigenvalue weighted by molar-refractivity contribution is 5.62. The molecular weight excluding hydrogens is 312 g/mol. The summed E-state index contributed by atoms with van der Waals surface area (Å²) >= 11 is 0. The second kappa shape index (κ2) is 7.66. The molecule has 5 heteroatoms. The number of benzene rings is 2. The molecule has 0 aliphatic heterocycles. The molecule has 0 bridgehead atoms. The first kappa shape index (κ1) is 16.8. The third-order valence-electron chi connectivity index (χ3n) is 3.89. The minimum absolute atomic E-state index is 0.564. The fourth-order valence-electron chi connectivity index (χ4n) is 2.64. The Morgan fingerprint density at radius 1 is 1.08 bits per heavy atom. The molecule has 0 aliphatic rings. The van der Waals surface area contributed by atoms with E-state index in [1.807, 2.05) is 30.3 Å². The molecule has 0 aliphatic carbocycles. The van der Waals surface area contributed by atoms with Gasteiger partial charge in [0, 0.05) is 24.1 Å². The lowest BCUT2D eigenvalue weighted by Crippen LogP contribution is -2.18. The van der Waals surface area contributed by atoms with Crippen molar-refractivity contribution in [2.24, 2.45) is 0 Å². The molecule has 128 valence electrons. The summed E-state index contributed by atoms with van der Waals surface area (Å²) in [6.45, 7) is 5.03. The Morgan fingerprint density at radius 2 is 1.88 bits per heavy atom. The number of hydrogen-bond acceptors (Lipinski definition) is 5. The maximum atomic E-state index is 5.18. The van der Waals surface area contributed by atoms with Crippen LogP contribution in [-0.2, 0) is 0 Å². The van der Waals surface area contributed by atoms with E-state index in [0.717, 1.165) is 29.5 Å². The predicted molar refractivity (Wildman–Crippen MR) is 102 cm³/mol. The minimum Gasteiger partial charge on any atom is -0.497 e. The third-order valence-corrected chi connectivity index (χ3v) is 3.89. The first-order valence-corrected chi connectivity index (χ1v) is 8.28. The van der Waals surface area contributed by atoms with Crippen LogP contribution in [0.5, 0.6) is 5.75 Å². The summed E-state index contributed by atoms with van der Waals surface area (Å²) in [6, 6.07) is 18.0. The van der Waals surface area contributed by atoms with Crippen molar-refractivity contribution in [3.05, 3.63) is 66.4 Å². The number of anilines is 4. The SMILES string of the molecule is CCN(c1cccc(C)c1)c1ccnc(Nc2ccc(OC)cc2)n1. The molecule has 0 atom stereocenters. The summed E-state index contributed by atoms with van der Waals surface area (Å²) in [5, 5.41) is 3.23. The summed E-state index contributed by atoms with van der Waals surface area (Å²) in [4.78, 5) is 11.1. The second-order valence-electron chi connectivity index (χ2n) is 5.68. The van der Waals surface area contributed by atoms with Crippen molar-refractivity contribution in [3.63, 3.8) is 0 Å². The smallest absolute Gasteiger partial charge is 0.229 e. The molecule has 0 saturated carbocycles. The van der Waals surface area contributed by atoms with Crippen LogP contribution in [-0.4, -0.2) is 23.6 Å². The topological polar surface area (TPSA) is 50.3 Å². The van der Waals surface area contributed by atoms with Gasteiger partial charge in [-0.15, -0.1) is 0 Å². The fourth-order valence-corrected chi connectivity index (χ4v) is 2.64. The van der Waals surface area contributed by atoms with E-state index in [9.17, 15) is 0 Å². The number of methoxy groups -OCH3 is 1. The average molecular weight is 334 g/mol. The monoisotopic (exact) mass is 334 g/mol. The highest BCUT2D eigenvalue weighted by atomic mass is 16.5. The lowest BCUT2D eigenvalue weighted by Gasteiger charge is -2.22. The summed E-state index contributed by atoms with van der Waals surface area (Å²) in [7, 11) is 1.65. The van der Waals surface area contributed by atoms with Crippen LogP contribution in [0, 0.1) is 6.92 Å². The predicted octanol–water partition coefficient (Wildman–Crippen LogP) is 4.70. The molecule has 0 spiro atoms. The van der Waals surface area contributed by atoms with Gasteiger partial charge in [-0.25, -0.2) is 4.98 Å². The van der Waals surface area contributed by atoms with E-state index in [1.54, 1.807) is 13.3 Å². The van der Waals surface area contributed by atoms with E-state index in [0.29, 0.717) is 5.95 Å². The maximum absolute atomic E-state index is 5.18. The van der Waals surface area contributed by atoms with Crippen LogP contribution in [0.1, 0.15) is 12.5 Å². The zero-order valence-electron chi connectivity index (χ0n) is 14.7. The molecule has 1 N–H and O–H groups in total. The van der Waals surface area contributed by atoms with Gasteiger partial charge in [0.2, 0.25) is 5.95 Å². The van der Waals surface area contributed by atoms with E-state index in [4.69, 9.17) is 4.74 Å². The van der Waals surface area contributed by atoms with Crippen LogP contribution in [0.4, 0.5) is 23.1 Å². The molecule has 1 aromatic heterocycles. The molecule has 2 aromatic carbocycles. The van der Waals surface area contributed by atoms with Crippen LogP contribution >= 0.6 is 0 Å². The number of aromatic nitrogens is 2. The average Bonchev–Trinajstić information content (AvgIpc) is 2.63. The molecule has 0 radical (unpaired) electrons. The summed E-state index contributed by atoms with van der Waals surface area (Å²) in [5.41, 5.74) is 3.26. The van der Waals surface area contributed by atoms with Gasteiger partial charge in [0.15, 0.2) is 0 Å². The van der Waals surface area contributed by atoms with Gasteiger partial charge in [0.25, 0.3) is 0 Å². The van der Waals surface area contributed by atoms with E-state index in [2.05, 4.69) is 58.3 Å². The van der Waals surface area contributed by atoms with Gasteiger partial charge in [-0.2, -0.15) is 4.98 Å². The summed E-state index contributed by atoms with van der Waals surface area (Å²) in [6.07, 6.45) is 1.77. The van der Waals surface area contributed by atoms with Crippen LogP contribution in [0.15, 0.2) is 60.8 Å². The third kappa shape index (κ3) is 4.07. The van der Waals surface area contributed by atoms with Gasteiger partial charge >= 0.3 is 0 Å². The van der Waals surface area contributed by atoms with Gasteiger partial charge in [0.05, 0.1) is 7.11 Å². The maximum Gasteiger partial charge on any atom is 0.229 e. The summed E-state index contributed by atoms with van der Waals surface area (Å²) in [5.74, 6) is 2.24. The van der Waals surface area contributed by atoms with E-state index in [1.165, 1.54) is 5.56 Å². The van der Waals surface area contributed by atoms with Crippen molar-refractivity contribution in [2.45, 2.75) is 13.8 Å². The van der Waals surface area contributed by atoms with Crippen LogP contribution in [0.2, 0.25) is 0 Å². The van der Waals surface area contributed by atoms with Gasteiger partial charge in [-0.1, -0.05) is 12.1 Å². The number of rotatable bonds is 6. The molecule has 0 saturated heterocycles. The number of hydrogen-bond donors (Lipinski definition) is 1. The van der Waals surface area contributed by atoms with Crippen molar-refractivity contribution in [1.82, 2.24) is 9.97 Å². The van der Waals surface area contributed by atoms with Crippen molar-refractivity contribution < 1.29 is 4.74 Å². The van der Waals surface area contributed by atoms with Crippen LogP contribution in [0.3, 0.4) is 0 Å². The normalized spacial score (nSPS) is 10.4. The fraction of sp³-hybridized carbons (Fsp3) is 0.200. The van der Waals surface area contributed by atoms with Crippen molar-refractivity contribution in [3.8, 4) is 5.75 Å². The molecule has 1 heterocycles. The van der Waals surface area contributed by atoms with E-state index >= 15 is 0 Å². The van der Waals surface area contributed by atoms with E-state index < -0.39 is 0 Å². The quantitative estimate of drug-likeness (QED) is 0.708. The zero-order chi connectivity index (χ0) is 17.6. The first-order valence-electron chi connectivity index (χ1n) is 8.28. The Morgan fingerprint density at radius 3 is 2.56 bits per heavy atom. The number of ether oxygens (including phenoxy) is 1. The Bertz CT molecular complexity index is 833. The number of nitrogens with one attached hydrogen (secondary N) is 1. The van der Waals surface area contributed by atoms with Crippen molar-refractivity contribution in [1.29, 1.82) is 0 Å². The number of aryl methyl sites for hydroxylation is 1. The Labute approximate surface area is 148 Å². The first-order chi connectivity index (χ1) is 12.2. The van der Waals surface area contributed by atoms with E-state index in [-0.39, 0.29) is 0 Å². The summed E-state index contributed by atoms with van der Waals surface area (Å²) < 4.78 is 5.18. The largest absolute Gasteiger partial charge is 0.497 e. The van der Waals surface area contributed by atoms with Crippen molar-refractivity contribution in [2.75, 3.05) is 23.9 Å². The Hall–Kier alpha value is -3.08. The molecule has 0 fully saturated rings. The lowest BCUT2D eigenvalue weighted by molar-refractivity contribution is 0.415. The molecule has 3 aromatic rings. The second-order valence-corrected chi connectivity index (χ2v) is 5.68. The molecule has 5 nitrogen and oxygen atoms in total. The molecule has 25 heavy (non-hydrogen) atoms. The lowest BCUT2D eigenvalue weighted by atomic mass is 10.2.